The molecule has 5 atom stereocenters. The van der Waals surface area contributed by atoms with Gasteiger partial charge in [-0.25, -0.2) is 4.79 Å². The van der Waals surface area contributed by atoms with Crippen molar-refractivity contribution in [3.63, 3.8) is 0 Å². The maximum atomic E-state index is 13.2. The van der Waals surface area contributed by atoms with Gasteiger partial charge in [-0.1, -0.05) is 38.5 Å². The van der Waals surface area contributed by atoms with E-state index in [1.165, 1.54) is 0 Å². The molecule has 2 aromatic rings. The summed E-state index contributed by atoms with van der Waals surface area (Å²) >= 11 is 4.17. The third-order valence-electron chi connectivity index (χ3n) is 6.40. The molecule has 9 N–H and O–H groups in total. The van der Waals surface area contributed by atoms with Gasteiger partial charge in [0.1, 0.15) is 18.1 Å². The first-order valence-corrected chi connectivity index (χ1v) is 12.9. The van der Waals surface area contributed by atoms with Crippen molar-refractivity contribution < 1.29 is 29.1 Å². The number of carbonyl (C=O) groups is 5. The van der Waals surface area contributed by atoms with Crippen LogP contribution < -0.4 is 27.4 Å². The van der Waals surface area contributed by atoms with Gasteiger partial charge < -0.3 is 37.5 Å². The van der Waals surface area contributed by atoms with E-state index < -0.39 is 53.8 Å². The number of aromatic amines is 1. The molecule has 0 spiro atoms. The van der Waals surface area contributed by atoms with Crippen LogP contribution in [-0.2, 0) is 30.4 Å². The number of nitrogens with two attached hydrogens (primary N) is 2. The summed E-state index contributed by atoms with van der Waals surface area (Å²) in [6.07, 6.45) is 1.92. The highest BCUT2D eigenvalue weighted by atomic mass is 32.1. The molecule has 0 bridgehead atoms. The number of fused-ring (bicyclic) bond motifs is 1. The number of rotatable bonds is 15. The quantitative estimate of drug-likeness (QED) is 0.141. The van der Waals surface area contributed by atoms with Gasteiger partial charge in [0.2, 0.25) is 23.6 Å². The lowest BCUT2D eigenvalue weighted by Crippen LogP contribution is -2.58. The second-order valence-corrected chi connectivity index (χ2v) is 9.55. The predicted octanol–water partition coefficient (Wildman–Crippen LogP) is -0.182. The molecule has 0 fully saturated rings. The van der Waals surface area contributed by atoms with Gasteiger partial charge in [-0.05, 0) is 24.0 Å². The van der Waals surface area contributed by atoms with Crippen LogP contribution in [-0.4, -0.2) is 69.6 Å². The third kappa shape index (κ3) is 8.48. The Bertz CT molecular complexity index is 1150. The van der Waals surface area contributed by atoms with E-state index >= 15 is 0 Å². The average molecular weight is 549 g/mol. The number of hydrogen-bond donors (Lipinski definition) is 8. The minimum atomic E-state index is -1.40. The number of para-hydroxylation sites is 1. The highest BCUT2D eigenvalue weighted by Gasteiger charge is 2.31. The fourth-order valence-corrected chi connectivity index (χ4v) is 4.05. The van der Waals surface area contributed by atoms with E-state index in [0.29, 0.717) is 12.0 Å². The van der Waals surface area contributed by atoms with Crippen LogP contribution in [0.4, 0.5) is 0 Å². The Labute approximate surface area is 226 Å². The zero-order valence-corrected chi connectivity index (χ0v) is 22.3. The number of carbonyl (C=O) groups excluding carboxylic acids is 4. The number of amides is 4. The summed E-state index contributed by atoms with van der Waals surface area (Å²) in [4.78, 5) is 64.8. The number of H-pyrrole nitrogens is 1. The number of hydrogen-bond acceptors (Lipinski definition) is 7. The predicted molar refractivity (Wildman–Crippen MR) is 145 cm³/mol. The molecule has 1 aromatic carbocycles. The molecular formula is C25H36N6O6S. The molecule has 0 aliphatic carbocycles. The molecule has 0 saturated carbocycles. The second kappa shape index (κ2) is 14.4. The van der Waals surface area contributed by atoms with Gasteiger partial charge in [0, 0.05) is 35.7 Å². The Kier molecular flexibility index (Phi) is 11.6. The fraction of sp³-hybridized carbons (Fsp3) is 0.480. The maximum absolute atomic E-state index is 13.2. The van der Waals surface area contributed by atoms with Gasteiger partial charge in [-0.2, -0.15) is 12.6 Å². The van der Waals surface area contributed by atoms with Crippen molar-refractivity contribution in [1.29, 1.82) is 0 Å². The van der Waals surface area contributed by atoms with Crippen molar-refractivity contribution >= 4 is 53.1 Å². The van der Waals surface area contributed by atoms with Crippen molar-refractivity contribution in [2.45, 2.75) is 63.7 Å². The highest BCUT2D eigenvalue weighted by Crippen LogP contribution is 2.19. The molecular weight excluding hydrogens is 512 g/mol. The van der Waals surface area contributed by atoms with Crippen molar-refractivity contribution in [3.8, 4) is 0 Å². The second-order valence-electron chi connectivity index (χ2n) is 9.18. The number of aliphatic carboxylic acids is 1. The molecule has 0 aliphatic rings. The van der Waals surface area contributed by atoms with E-state index in [1.54, 1.807) is 6.20 Å². The highest BCUT2D eigenvalue weighted by molar-refractivity contribution is 7.80. The molecule has 5 unspecified atom stereocenters. The fourth-order valence-electron chi connectivity index (χ4n) is 3.79. The molecule has 4 amide bonds. The Morgan fingerprint density at radius 1 is 1.00 bits per heavy atom. The monoisotopic (exact) mass is 548 g/mol. The van der Waals surface area contributed by atoms with Crippen molar-refractivity contribution in [2.75, 3.05) is 5.75 Å². The maximum Gasteiger partial charge on any atom is 0.326 e. The molecule has 208 valence electrons. The van der Waals surface area contributed by atoms with Crippen LogP contribution >= 0.6 is 12.6 Å². The molecule has 12 nitrogen and oxygen atoms in total. The van der Waals surface area contributed by atoms with E-state index in [1.807, 2.05) is 38.1 Å². The largest absolute Gasteiger partial charge is 0.480 e. The molecule has 13 heteroatoms. The van der Waals surface area contributed by atoms with Gasteiger partial charge in [-0.15, -0.1) is 0 Å². The van der Waals surface area contributed by atoms with E-state index in [-0.39, 0.29) is 30.9 Å². The minimum Gasteiger partial charge on any atom is -0.480 e. The normalized spacial score (nSPS) is 15.1. The lowest BCUT2D eigenvalue weighted by molar-refractivity contribution is -0.142. The molecule has 2 rings (SSSR count). The first-order chi connectivity index (χ1) is 18.0. The first-order valence-electron chi connectivity index (χ1n) is 12.3. The zero-order valence-electron chi connectivity index (χ0n) is 21.4. The Morgan fingerprint density at radius 3 is 2.21 bits per heavy atom. The van der Waals surface area contributed by atoms with Crippen LogP contribution in [0.25, 0.3) is 10.9 Å². The van der Waals surface area contributed by atoms with E-state index in [2.05, 4.69) is 33.6 Å². The minimum absolute atomic E-state index is 0.0172. The summed E-state index contributed by atoms with van der Waals surface area (Å²) in [5.74, 6) is -4.23. The number of carboxylic acids is 1. The van der Waals surface area contributed by atoms with Gasteiger partial charge >= 0.3 is 5.97 Å². The molecule has 1 heterocycles. The first kappa shape index (κ1) is 30.6. The summed E-state index contributed by atoms with van der Waals surface area (Å²) < 4.78 is 0. The van der Waals surface area contributed by atoms with Gasteiger partial charge in [0.05, 0.1) is 6.04 Å². The van der Waals surface area contributed by atoms with Crippen LogP contribution in [0.5, 0.6) is 0 Å². The SMILES string of the molecule is CCC(C)C(N)C(=O)NC(CS)C(=O)NC(Cc1c[nH]c2ccccc12)C(=O)NC(CCC(N)=O)C(=O)O. The number of benzene rings is 1. The van der Waals surface area contributed by atoms with Crippen molar-refractivity contribution in [2.24, 2.45) is 17.4 Å². The summed E-state index contributed by atoms with van der Waals surface area (Å²) in [6, 6.07) is 2.83. The van der Waals surface area contributed by atoms with Gasteiger partial charge in [-0.3, -0.25) is 19.2 Å². The standard InChI is InChI=1S/C25H36N6O6S/c1-3-13(2)21(27)24(35)31-19(12-38)23(34)30-18(10-14-11-28-16-7-5-4-6-15(14)16)22(33)29-17(25(36)37)8-9-20(26)32/h4-7,11,13,17-19,21,28,38H,3,8-10,12,27H2,1-2H3,(H2,26,32)(H,29,33)(H,30,34)(H,31,35)(H,36,37). The topological polar surface area (TPSA) is 209 Å². The average Bonchev–Trinajstić information content (AvgIpc) is 3.30. The summed E-state index contributed by atoms with van der Waals surface area (Å²) in [5.41, 5.74) is 12.6. The van der Waals surface area contributed by atoms with Gasteiger partial charge in [0.15, 0.2) is 0 Å². The molecule has 0 saturated heterocycles. The number of thiol groups is 1. The summed E-state index contributed by atoms with van der Waals surface area (Å²) in [6.45, 7) is 3.71. The molecule has 0 radical (unpaired) electrons. The number of nitrogens with one attached hydrogen (secondary N) is 4. The Hall–Kier alpha value is -3.58. The smallest absolute Gasteiger partial charge is 0.326 e. The van der Waals surface area contributed by atoms with Crippen LogP contribution in [0.15, 0.2) is 30.5 Å². The van der Waals surface area contributed by atoms with E-state index in [9.17, 15) is 29.1 Å². The third-order valence-corrected chi connectivity index (χ3v) is 6.77. The van der Waals surface area contributed by atoms with Crippen LogP contribution in [0.3, 0.4) is 0 Å². The molecule has 38 heavy (non-hydrogen) atoms. The van der Waals surface area contributed by atoms with E-state index in [4.69, 9.17) is 11.5 Å². The van der Waals surface area contributed by atoms with Crippen molar-refractivity contribution in [1.82, 2.24) is 20.9 Å². The lowest BCUT2D eigenvalue weighted by atomic mass is 9.99. The Balaban J connectivity index is 2.27. The number of carboxylic acid groups (broad SMARTS) is 1. The van der Waals surface area contributed by atoms with Crippen LogP contribution in [0.1, 0.15) is 38.7 Å². The van der Waals surface area contributed by atoms with Crippen LogP contribution in [0, 0.1) is 5.92 Å². The van der Waals surface area contributed by atoms with Crippen LogP contribution in [0.2, 0.25) is 0 Å². The van der Waals surface area contributed by atoms with E-state index in [0.717, 1.165) is 10.9 Å². The Morgan fingerprint density at radius 2 is 1.61 bits per heavy atom. The summed E-state index contributed by atoms with van der Waals surface area (Å²) in [7, 11) is 0. The van der Waals surface area contributed by atoms with Gasteiger partial charge in [0.25, 0.3) is 0 Å². The zero-order chi connectivity index (χ0) is 28.4. The summed E-state index contributed by atoms with van der Waals surface area (Å²) in [5, 5.41) is 17.9. The number of aromatic nitrogens is 1. The molecule has 1 aromatic heterocycles. The van der Waals surface area contributed by atoms with Crippen molar-refractivity contribution in [3.05, 3.63) is 36.0 Å². The number of primary amides is 1. The molecule has 0 aliphatic heterocycles. The lowest BCUT2D eigenvalue weighted by Gasteiger charge is -2.25.